The Kier molecular flexibility index (Phi) is 6.66. The maximum atomic E-state index is 12.1. The molecule has 2 rings (SSSR count). The third-order valence-electron chi connectivity index (χ3n) is 4.13. The fourth-order valence-corrected chi connectivity index (χ4v) is 2.40. The van der Waals surface area contributed by atoms with Crippen LogP contribution in [0.5, 0.6) is 0 Å². The summed E-state index contributed by atoms with van der Waals surface area (Å²) in [6.45, 7) is 3.22. The Labute approximate surface area is 151 Å². The average Bonchev–Trinajstić information content (AvgIpc) is 2.68. The second kappa shape index (κ2) is 8.94. The van der Waals surface area contributed by atoms with Gasteiger partial charge in [0.2, 0.25) is 0 Å². The van der Waals surface area contributed by atoms with Crippen molar-refractivity contribution in [3.8, 4) is 0 Å². The van der Waals surface area contributed by atoms with Crippen LogP contribution in [0, 0.1) is 5.92 Å². The van der Waals surface area contributed by atoms with Gasteiger partial charge in [-0.05, 0) is 18.1 Å². The molecular formula is C19H22N2O5. The number of fused-ring (bicyclic) bond motifs is 1. The van der Waals surface area contributed by atoms with Crippen LogP contribution < -0.4 is 5.32 Å². The van der Waals surface area contributed by atoms with Gasteiger partial charge in [0.1, 0.15) is 11.7 Å². The molecule has 0 bridgehead atoms. The Morgan fingerprint density at radius 1 is 1.15 bits per heavy atom. The van der Waals surface area contributed by atoms with E-state index in [1.165, 1.54) is 7.11 Å². The van der Waals surface area contributed by atoms with Gasteiger partial charge in [-0.1, -0.05) is 44.5 Å². The SMILES string of the molecule is CC[C@H](C)[C@H](NC(=O)COC(=O)c1ccc2ccccc2n1)C(=O)OC. The van der Waals surface area contributed by atoms with Crippen molar-refractivity contribution in [2.24, 2.45) is 5.92 Å². The van der Waals surface area contributed by atoms with Gasteiger partial charge in [-0.3, -0.25) is 4.79 Å². The van der Waals surface area contributed by atoms with Gasteiger partial charge in [0.15, 0.2) is 6.61 Å². The zero-order valence-corrected chi connectivity index (χ0v) is 15.0. The molecule has 0 aliphatic rings. The fraction of sp³-hybridized carbons (Fsp3) is 0.368. The molecule has 0 unspecified atom stereocenters. The lowest BCUT2D eigenvalue weighted by molar-refractivity contribution is -0.147. The lowest BCUT2D eigenvalue weighted by atomic mass is 9.99. The minimum atomic E-state index is -0.782. The Balaban J connectivity index is 1.96. The molecule has 0 fully saturated rings. The summed E-state index contributed by atoms with van der Waals surface area (Å²) in [6.07, 6.45) is 0.681. The van der Waals surface area contributed by atoms with Gasteiger partial charge in [0.05, 0.1) is 12.6 Å². The third-order valence-corrected chi connectivity index (χ3v) is 4.13. The normalized spacial score (nSPS) is 12.9. The molecule has 0 saturated heterocycles. The summed E-state index contributed by atoms with van der Waals surface area (Å²) in [7, 11) is 1.26. The minimum Gasteiger partial charge on any atom is -0.467 e. The van der Waals surface area contributed by atoms with Crippen LogP contribution in [-0.4, -0.2) is 42.6 Å². The van der Waals surface area contributed by atoms with Gasteiger partial charge in [0, 0.05) is 5.39 Å². The van der Waals surface area contributed by atoms with Gasteiger partial charge >= 0.3 is 11.9 Å². The molecule has 0 spiro atoms. The molecule has 7 heteroatoms. The Hall–Kier alpha value is -2.96. The number of carbonyl (C=O) groups excluding carboxylic acids is 3. The number of carbonyl (C=O) groups is 3. The van der Waals surface area contributed by atoms with Crippen molar-refractivity contribution in [1.29, 1.82) is 0 Å². The lowest BCUT2D eigenvalue weighted by Gasteiger charge is -2.21. The summed E-state index contributed by atoms with van der Waals surface area (Å²) in [4.78, 5) is 40.1. The van der Waals surface area contributed by atoms with E-state index >= 15 is 0 Å². The number of benzene rings is 1. The van der Waals surface area contributed by atoms with E-state index in [2.05, 4.69) is 10.3 Å². The number of nitrogens with one attached hydrogen (secondary N) is 1. The van der Waals surface area contributed by atoms with E-state index in [4.69, 9.17) is 9.47 Å². The molecule has 2 atom stereocenters. The number of aromatic nitrogens is 1. The monoisotopic (exact) mass is 358 g/mol. The van der Waals surface area contributed by atoms with Crippen LogP contribution in [0.4, 0.5) is 0 Å². The third kappa shape index (κ3) is 4.78. The Bertz CT molecular complexity index is 805. The van der Waals surface area contributed by atoms with Crippen LogP contribution in [0.2, 0.25) is 0 Å². The van der Waals surface area contributed by atoms with Crippen molar-refractivity contribution in [2.75, 3.05) is 13.7 Å². The molecule has 1 heterocycles. The molecule has 2 aromatic rings. The van der Waals surface area contributed by atoms with E-state index < -0.39 is 30.5 Å². The number of amides is 1. The van der Waals surface area contributed by atoms with Crippen LogP contribution in [0.1, 0.15) is 30.8 Å². The highest BCUT2D eigenvalue weighted by molar-refractivity contribution is 5.93. The quantitative estimate of drug-likeness (QED) is 0.762. The minimum absolute atomic E-state index is 0.107. The van der Waals surface area contributed by atoms with Gasteiger partial charge in [-0.2, -0.15) is 0 Å². The van der Waals surface area contributed by atoms with Gasteiger partial charge < -0.3 is 14.8 Å². The van der Waals surface area contributed by atoms with Crippen LogP contribution in [0.25, 0.3) is 10.9 Å². The second-order valence-corrected chi connectivity index (χ2v) is 5.92. The first-order valence-corrected chi connectivity index (χ1v) is 8.36. The largest absolute Gasteiger partial charge is 0.467 e. The zero-order valence-electron chi connectivity index (χ0n) is 15.0. The summed E-state index contributed by atoms with van der Waals surface area (Å²) in [5.41, 5.74) is 0.775. The lowest BCUT2D eigenvalue weighted by Crippen LogP contribution is -2.47. The molecule has 0 aliphatic heterocycles. The van der Waals surface area contributed by atoms with E-state index in [1.54, 1.807) is 18.2 Å². The van der Waals surface area contributed by atoms with E-state index in [9.17, 15) is 14.4 Å². The first kappa shape index (κ1) is 19.4. The van der Waals surface area contributed by atoms with Gasteiger partial charge in [0.25, 0.3) is 5.91 Å². The number of hydrogen-bond donors (Lipinski definition) is 1. The number of nitrogens with zero attached hydrogens (tertiary/aromatic N) is 1. The van der Waals surface area contributed by atoms with Crippen molar-refractivity contribution in [2.45, 2.75) is 26.3 Å². The molecule has 1 aromatic heterocycles. The molecule has 1 N–H and O–H groups in total. The molecule has 0 saturated carbocycles. The standard InChI is InChI=1S/C19H22N2O5/c1-4-12(2)17(19(24)25-3)21-16(22)11-26-18(23)15-10-9-13-7-5-6-8-14(13)20-15/h5-10,12,17H,4,11H2,1-3H3,(H,21,22)/t12-,17-/m0/s1. The highest BCUT2D eigenvalue weighted by Gasteiger charge is 2.27. The summed E-state index contributed by atoms with van der Waals surface area (Å²) in [5.74, 6) is -1.92. The molecule has 1 aromatic carbocycles. The van der Waals surface area contributed by atoms with Crippen molar-refractivity contribution in [3.05, 3.63) is 42.1 Å². The maximum Gasteiger partial charge on any atom is 0.357 e. The highest BCUT2D eigenvalue weighted by Crippen LogP contribution is 2.12. The van der Waals surface area contributed by atoms with Gasteiger partial charge in [-0.25, -0.2) is 14.6 Å². The van der Waals surface area contributed by atoms with Crippen LogP contribution in [0.15, 0.2) is 36.4 Å². The number of methoxy groups -OCH3 is 1. The first-order valence-electron chi connectivity index (χ1n) is 8.36. The fourth-order valence-electron chi connectivity index (χ4n) is 2.40. The number of pyridine rings is 1. The zero-order chi connectivity index (χ0) is 19.1. The Morgan fingerprint density at radius 2 is 1.88 bits per heavy atom. The van der Waals surface area contributed by atoms with Crippen molar-refractivity contribution < 1.29 is 23.9 Å². The molecule has 26 heavy (non-hydrogen) atoms. The number of para-hydroxylation sites is 1. The van der Waals surface area contributed by atoms with Crippen LogP contribution in [0.3, 0.4) is 0 Å². The van der Waals surface area contributed by atoms with E-state index in [-0.39, 0.29) is 11.6 Å². The average molecular weight is 358 g/mol. The first-order chi connectivity index (χ1) is 12.5. The maximum absolute atomic E-state index is 12.1. The van der Waals surface area contributed by atoms with Crippen molar-refractivity contribution in [1.82, 2.24) is 10.3 Å². The van der Waals surface area contributed by atoms with Crippen LogP contribution in [-0.2, 0) is 19.1 Å². The summed E-state index contributed by atoms with van der Waals surface area (Å²) < 4.78 is 9.70. The van der Waals surface area contributed by atoms with E-state index in [0.29, 0.717) is 11.9 Å². The summed E-state index contributed by atoms with van der Waals surface area (Å²) in [6, 6.07) is 9.88. The molecular weight excluding hydrogens is 336 g/mol. The molecule has 0 aliphatic carbocycles. The Morgan fingerprint density at radius 3 is 2.58 bits per heavy atom. The molecule has 138 valence electrons. The topological polar surface area (TPSA) is 94.6 Å². The summed E-state index contributed by atoms with van der Waals surface area (Å²) >= 11 is 0. The molecule has 7 nitrogen and oxygen atoms in total. The van der Waals surface area contributed by atoms with Gasteiger partial charge in [-0.15, -0.1) is 0 Å². The number of esters is 2. The number of rotatable bonds is 7. The number of ether oxygens (including phenoxy) is 2. The molecule has 0 radical (unpaired) electrons. The highest BCUT2D eigenvalue weighted by atomic mass is 16.5. The van der Waals surface area contributed by atoms with Crippen molar-refractivity contribution >= 4 is 28.7 Å². The smallest absolute Gasteiger partial charge is 0.357 e. The van der Waals surface area contributed by atoms with E-state index in [1.807, 2.05) is 32.0 Å². The summed E-state index contributed by atoms with van der Waals surface area (Å²) in [5, 5.41) is 3.44. The van der Waals surface area contributed by atoms with Crippen LogP contribution >= 0.6 is 0 Å². The second-order valence-electron chi connectivity index (χ2n) is 5.92. The number of hydrogen-bond acceptors (Lipinski definition) is 6. The molecule has 1 amide bonds. The predicted octanol–water partition coefficient (Wildman–Crippen LogP) is 2.10. The van der Waals surface area contributed by atoms with Crippen molar-refractivity contribution in [3.63, 3.8) is 0 Å². The predicted molar refractivity (Wildman–Crippen MR) is 95.4 cm³/mol. The van der Waals surface area contributed by atoms with E-state index in [0.717, 1.165) is 5.39 Å².